The Labute approximate surface area is 178 Å². The highest BCUT2D eigenvalue weighted by atomic mass is 35.5. The van der Waals surface area contributed by atoms with Crippen LogP contribution in [0.2, 0.25) is 5.02 Å². The van der Waals surface area contributed by atoms with Gasteiger partial charge in [0.1, 0.15) is 5.82 Å². The number of hydrogen-bond acceptors (Lipinski definition) is 3. The molecule has 1 saturated carbocycles. The summed E-state index contributed by atoms with van der Waals surface area (Å²) in [5.74, 6) is 0.747. The summed E-state index contributed by atoms with van der Waals surface area (Å²) in [6.45, 7) is 1.05. The molecule has 30 heavy (non-hydrogen) atoms. The fourth-order valence-corrected chi connectivity index (χ4v) is 4.29. The molecule has 1 amide bonds. The summed E-state index contributed by atoms with van der Waals surface area (Å²) in [4.78, 5) is 18.7. The summed E-state index contributed by atoms with van der Waals surface area (Å²) in [7, 11) is 0. The molecule has 2 fully saturated rings. The zero-order valence-electron chi connectivity index (χ0n) is 16.3. The Bertz CT molecular complexity index is 894. The first-order chi connectivity index (χ1) is 14.3. The molecule has 1 saturated heterocycles. The van der Waals surface area contributed by atoms with Gasteiger partial charge in [-0.05, 0) is 43.2 Å². The van der Waals surface area contributed by atoms with E-state index in [2.05, 4.69) is 10.3 Å². The molecule has 1 aliphatic carbocycles. The number of carbonyl (C=O) groups excluding carboxylic acids is 1. The Morgan fingerprint density at radius 1 is 1.13 bits per heavy atom. The van der Waals surface area contributed by atoms with Gasteiger partial charge in [-0.1, -0.05) is 41.9 Å². The number of alkyl halides is 3. The van der Waals surface area contributed by atoms with E-state index in [-0.39, 0.29) is 22.9 Å². The molecule has 1 atom stereocenters. The molecule has 1 aromatic heterocycles. The third-order valence-electron chi connectivity index (χ3n) is 5.86. The summed E-state index contributed by atoms with van der Waals surface area (Å²) in [5, 5.41) is 3.21. The quantitative estimate of drug-likeness (QED) is 0.696. The van der Waals surface area contributed by atoms with E-state index in [4.69, 9.17) is 11.6 Å². The molecular formula is C22H23ClF3N3O. The predicted octanol–water partition coefficient (Wildman–Crippen LogP) is 5.24. The van der Waals surface area contributed by atoms with E-state index in [1.54, 1.807) is 0 Å². The lowest BCUT2D eigenvalue weighted by atomic mass is 9.94. The molecule has 160 valence electrons. The Hall–Kier alpha value is -2.28. The molecule has 2 heterocycles. The second-order valence-electron chi connectivity index (χ2n) is 8.02. The second-order valence-corrected chi connectivity index (χ2v) is 8.43. The number of anilines is 1. The number of benzene rings is 1. The van der Waals surface area contributed by atoms with E-state index in [0.717, 1.165) is 30.7 Å². The summed E-state index contributed by atoms with van der Waals surface area (Å²) in [6.07, 6.45) is -0.210. The number of nitrogens with one attached hydrogen (secondary N) is 1. The molecular weight excluding hydrogens is 415 g/mol. The number of halogens is 4. The van der Waals surface area contributed by atoms with Crippen LogP contribution in [0.25, 0.3) is 0 Å². The highest BCUT2D eigenvalue weighted by Crippen LogP contribution is 2.41. The minimum Gasteiger partial charge on any atom is -0.355 e. The van der Waals surface area contributed by atoms with Crippen LogP contribution in [0.1, 0.15) is 42.9 Å². The van der Waals surface area contributed by atoms with Crippen LogP contribution in [-0.4, -0.2) is 24.0 Å². The van der Waals surface area contributed by atoms with E-state index in [1.807, 2.05) is 35.2 Å². The Morgan fingerprint density at radius 3 is 2.37 bits per heavy atom. The minimum absolute atomic E-state index is 0.0226. The monoisotopic (exact) mass is 437 g/mol. The van der Waals surface area contributed by atoms with Crippen LogP contribution in [-0.2, 0) is 11.0 Å². The van der Waals surface area contributed by atoms with Gasteiger partial charge in [-0.25, -0.2) is 4.98 Å². The molecule has 1 aromatic carbocycles. The molecule has 2 aromatic rings. The van der Waals surface area contributed by atoms with Crippen LogP contribution < -0.4 is 10.2 Å². The average Bonchev–Trinajstić information content (AvgIpc) is 3.57. The molecule has 1 unspecified atom stereocenters. The molecule has 1 N–H and O–H groups in total. The Balaban J connectivity index is 1.37. The van der Waals surface area contributed by atoms with Gasteiger partial charge in [0.05, 0.1) is 16.6 Å². The lowest BCUT2D eigenvalue weighted by molar-refractivity contribution is -0.137. The highest BCUT2D eigenvalue weighted by Gasteiger charge is 2.36. The van der Waals surface area contributed by atoms with Gasteiger partial charge in [0, 0.05) is 25.2 Å². The molecule has 8 heteroatoms. The number of amides is 1. The van der Waals surface area contributed by atoms with Crippen molar-refractivity contribution in [3.8, 4) is 0 Å². The van der Waals surface area contributed by atoms with Gasteiger partial charge in [0.25, 0.3) is 0 Å². The van der Waals surface area contributed by atoms with E-state index < -0.39 is 11.7 Å². The van der Waals surface area contributed by atoms with Gasteiger partial charge in [0.15, 0.2) is 0 Å². The van der Waals surface area contributed by atoms with Crippen molar-refractivity contribution in [1.29, 1.82) is 0 Å². The average molecular weight is 438 g/mol. The molecule has 4 nitrogen and oxygen atoms in total. The Morgan fingerprint density at radius 2 is 1.80 bits per heavy atom. The fourth-order valence-electron chi connectivity index (χ4n) is 4.01. The maximum absolute atomic E-state index is 12.9. The molecule has 1 aliphatic heterocycles. The lowest BCUT2D eigenvalue weighted by Crippen LogP contribution is -2.42. The highest BCUT2D eigenvalue weighted by molar-refractivity contribution is 6.33. The van der Waals surface area contributed by atoms with Crippen molar-refractivity contribution in [3.63, 3.8) is 0 Å². The second kappa shape index (κ2) is 8.46. The van der Waals surface area contributed by atoms with Crippen molar-refractivity contribution < 1.29 is 18.0 Å². The molecule has 0 bridgehead atoms. The van der Waals surface area contributed by atoms with Gasteiger partial charge in [-0.3, -0.25) is 4.79 Å². The first-order valence-electron chi connectivity index (χ1n) is 10.2. The van der Waals surface area contributed by atoms with E-state index in [0.29, 0.717) is 37.7 Å². The van der Waals surface area contributed by atoms with Crippen LogP contribution in [0.4, 0.5) is 19.0 Å². The smallest absolute Gasteiger partial charge is 0.355 e. The summed E-state index contributed by atoms with van der Waals surface area (Å²) >= 11 is 6.06. The van der Waals surface area contributed by atoms with E-state index in [1.165, 1.54) is 0 Å². The number of hydrogen-bond donors (Lipinski definition) is 1. The van der Waals surface area contributed by atoms with Crippen LogP contribution in [0.15, 0.2) is 42.6 Å². The molecule has 4 rings (SSSR count). The first kappa shape index (κ1) is 21.0. The van der Waals surface area contributed by atoms with Crippen LogP contribution >= 0.6 is 11.6 Å². The third kappa shape index (κ3) is 4.72. The molecule has 0 spiro atoms. The van der Waals surface area contributed by atoms with Gasteiger partial charge < -0.3 is 10.2 Å². The van der Waals surface area contributed by atoms with E-state index >= 15 is 0 Å². The molecule has 0 radical (unpaired) electrons. The van der Waals surface area contributed by atoms with Crippen molar-refractivity contribution in [2.24, 2.45) is 11.8 Å². The number of rotatable bonds is 5. The van der Waals surface area contributed by atoms with Crippen LogP contribution in [0.5, 0.6) is 0 Å². The minimum atomic E-state index is -4.48. The maximum Gasteiger partial charge on any atom is 0.417 e. The topological polar surface area (TPSA) is 45.2 Å². The summed E-state index contributed by atoms with van der Waals surface area (Å²) in [5.41, 5.74) is 0.268. The number of aromatic nitrogens is 1. The first-order valence-corrected chi connectivity index (χ1v) is 10.5. The van der Waals surface area contributed by atoms with Crippen LogP contribution in [0.3, 0.4) is 0 Å². The number of piperidine rings is 1. The van der Waals surface area contributed by atoms with Crippen molar-refractivity contribution >= 4 is 23.3 Å². The fraction of sp³-hybridized carbons (Fsp3) is 0.455. The van der Waals surface area contributed by atoms with Crippen molar-refractivity contribution in [2.75, 3.05) is 18.0 Å². The largest absolute Gasteiger partial charge is 0.417 e. The zero-order valence-corrected chi connectivity index (χ0v) is 17.1. The van der Waals surface area contributed by atoms with Crippen molar-refractivity contribution in [3.05, 3.63) is 58.7 Å². The van der Waals surface area contributed by atoms with Crippen molar-refractivity contribution in [1.82, 2.24) is 10.3 Å². The van der Waals surface area contributed by atoms with Crippen molar-refractivity contribution in [2.45, 2.75) is 37.9 Å². The number of carbonyl (C=O) groups is 1. The standard InChI is InChI=1S/C22H23ClF3N3O/c23-18-12-17(22(24,25)26)13-27-20(18)29-10-8-16(9-11-29)21(30)28-19(15-6-7-15)14-4-2-1-3-5-14/h1-5,12-13,15-16,19H,6-11H2,(H,28,30). The van der Waals surface area contributed by atoms with E-state index in [9.17, 15) is 18.0 Å². The third-order valence-corrected chi connectivity index (χ3v) is 6.14. The number of nitrogens with zero attached hydrogens (tertiary/aromatic N) is 2. The van der Waals surface area contributed by atoms with Gasteiger partial charge in [-0.2, -0.15) is 13.2 Å². The zero-order chi connectivity index (χ0) is 21.3. The normalized spacial score (nSPS) is 18.9. The predicted molar refractivity (Wildman–Crippen MR) is 109 cm³/mol. The summed E-state index contributed by atoms with van der Waals surface area (Å²) < 4.78 is 38.4. The lowest BCUT2D eigenvalue weighted by Gasteiger charge is -2.33. The van der Waals surface area contributed by atoms with Gasteiger partial charge in [-0.15, -0.1) is 0 Å². The van der Waals surface area contributed by atoms with Gasteiger partial charge in [0.2, 0.25) is 5.91 Å². The Kier molecular flexibility index (Phi) is 5.91. The van der Waals surface area contributed by atoms with Gasteiger partial charge >= 0.3 is 6.18 Å². The summed E-state index contributed by atoms with van der Waals surface area (Å²) in [6, 6.07) is 11.0. The SMILES string of the molecule is O=C(NC(c1ccccc1)C1CC1)C1CCN(c2ncc(C(F)(F)F)cc2Cl)CC1. The van der Waals surface area contributed by atoms with Crippen LogP contribution in [0, 0.1) is 11.8 Å². The molecule has 2 aliphatic rings. The maximum atomic E-state index is 12.9. The number of pyridine rings is 1.